The third-order valence-corrected chi connectivity index (χ3v) is 7.01. The van der Waals surface area contributed by atoms with E-state index in [9.17, 15) is 14.0 Å². The summed E-state index contributed by atoms with van der Waals surface area (Å²) >= 11 is 18.5. The number of esters is 1. The van der Waals surface area contributed by atoms with E-state index < -0.39 is 17.7 Å². The van der Waals surface area contributed by atoms with E-state index in [2.05, 4.69) is 15.5 Å². The highest BCUT2D eigenvalue weighted by atomic mass is 35.5. The molecule has 0 saturated carbocycles. The first kappa shape index (κ1) is 29.1. The molecule has 1 heterocycles. The zero-order valence-electron chi connectivity index (χ0n) is 21.9. The largest absolute Gasteiger partial charge is 0.490 e. The van der Waals surface area contributed by atoms with E-state index >= 15 is 0 Å². The van der Waals surface area contributed by atoms with Gasteiger partial charge in [-0.25, -0.2) is 14.6 Å². The van der Waals surface area contributed by atoms with Crippen molar-refractivity contribution in [2.45, 2.75) is 6.92 Å². The minimum atomic E-state index is -0.682. The van der Waals surface area contributed by atoms with Crippen LogP contribution in [0, 0.1) is 5.82 Å². The maximum absolute atomic E-state index is 14.1. The van der Waals surface area contributed by atoms with Gasteiger partial charge in [-0.1, -0.05) is 53.0 Å². The van der Waals surface area contributed by atoms with Crippen molar-refractivity contribution in [2.75, 3.05) is 6.61 Å². The van der Waals surface area contributed by atoms with Crippen LogP contribution in [-0.4, -0.2) is 29.7 Å². The van der Waals surface area contributed by atoms with Crippen LogP contribution in [0.25, 0.3) is 22.0 Å². The number of rotatable bonds is 8. The van der Waals surface area contributed by atoms with Crippen molar-refractivity contribution in [1.29, 1.82) is 0 Å². The summed E-state index contributed by atoms with van der Waals surface area (Å²) < 4.78 is 25.3. The summed E-state index contributed by atoms with van der Waals surface area (Å²) in [6, 6.07) is 20.4. The quantitative estimate of drug-likeness (QED) is 0.0786. The summed E-state index contributed by atoms with van der Waals surface area (Å²) in [7, 11) is 0. The minimum Gasteiger partial charge on any atom is -0.490 e. The fourth-order valence-electron chi connectivity index (χ4n) is 4.27. The number of hydrogen-bond acceptors (Lipinski definition) is 5. The van der Waals surface area contributed by atoms with Crippen molar-refractivity contribution in [1.82, 2.24) is 10.4 Å². The van der Waals surface area contributed by atoms with Crippen LogP contribution in [0.4, 0.5) is 4.39 Å². The predicted molar refractivity (Wildman–Crippen MR) is 163 cm³/mol. The van der Waals surface area contributed by atoms with E-state index in [0.29, 0.717) is 44.2 Å². The summed E-state index contributed by atoms with van der Waals surface area (Å²) in [6.07, 6.45) is 1.40. The Balaban J connectivity index is 1.38. The third-order valence-electron chi connectivity index (χ3n) is 6.13. The first-order chi connectivity index (χ1) is 20.2. The lowest BCUT2D eigenvalue weighted by Crippen LogP contribution is -2.19. The van der Waals surface area contributed by atoms with E-state index in [1.54, 1.807) is 49.4 Å². The number of hydrazone groups is 1. The smallest absolute Gasteiger partial charge is 0.345 e. The molecule has 0 atom stereocenters. The van der Waals surface area contributed by atoms with E-state index in [-0.39, 0.29) is 27.8 Å². The number of ether oxygens (including phenoxy) is 2. The number of halogens is 4. The molecule has 0 unspecified atom stereocenters. The number of aromatic nitrogens is 1. The fraction of sp³-hybridized carbons (Fsp3) is 0.0645. The van der Waals surface area contributed by atoms with Crippen molar-refractivity contribution in [3.05, 3.63) is 117 Å². The number of carbonyl (C=O) groups excluding carboxylic acids is 2. The van der Waals surface area contributed by atoms with Crippen LogP contribution < -0.4 is 14.9 Å². The fourth-order valence-corrected chi connectivity index (χ4v) is 4.98. The summed E-state index contributed by atoms with van der Waals surface area (Å²) in [5.74, 6) is -1.24. The first-order valence-electron chi connectivity index (χ1n) is 12.6. The van der Waals surface area contributed by atoms with Gasteiger partial charge in [0.1, 0.15) is 11.5 Å². The molecule has 5 rings (SSSR count). The Morgan fingerprint density at radius 1 is 0.952 bits per heavy atom. The van der Waals surface area contributed by atoms with Crippen LogP contribution in [0.3, 0.4) is 0 Å². The average Bonchev–Trinajstić information content (AvgIpc) is 3.33. The molecule has 2 N–H and O–H groups in total. The summed E-state index contributed by atoms with van der Waals surface area (Å²) in [5, 5.41) is 5.53. The van der Waals surface area contributed by atoms with Crippen LogP contribution in [0.5, 0.6) is 11.5 Å². The summed E-state index contributed by atoms with van der Waals surface area (Å²) in [5.41, 5.74) is 4.94. The van der Waals surface area contributed by atoms with E-state index in [0.717, 1.165) is 0 Å². The first-order valence-corrected chi connectivity index (χ1v) is 13.7. The van der Waals surface area contributed by atoms with Gasteiger partial charge in [-0.15, -0.1) is 0 Å². The lowest BCUT2D eigenvalue weighted by molar-refractivity contribution is 0.0728. The molecule has 0 aliphatic heterocycles. The van der Waals surface area contributed by atoms with Crippen LogP contribution >= 0.6 is 34.8 Å². The number of hydrogen-bond donors (Lipinski definition) is 2. The van der Waals surface area contributed by atoms with Gasteiger partial charge >= 0.3 is 5.97 Å². The van der Waals surface area contributed by atoms with Crippen molar-refractivity contribution in [2.24, 2.45) is 5.10 Å². The molecule has 0 radical (unpaired) electrons. The topological polar surface area (TPSA) is 92.8 Å². The second-order valence-corrected chi connectivity index (χ2v) is 10.1. The summed E-state index contributed by atoms with van der Waals surface area (Å²) in [6.45, 7) is 2.08. The average molecular weight is 625 g/mol. The molecule has 0 fully saturated rings. The second kappa shape index (κ2) is 12.7. The molecule has 1 aromatic heterocycles. The van der Waals surface area contributed by atoms with Gasteiger partial charge in [-0.3, -0.25) is 4.79 Å². The van der Waals surface area contributed by atoms with Crippen LogP contribution in [0.2, 0.25) is 15.1 Å². The van der Waals surface area contributed by atoms with Gasteiger partial charge in [0.15, 0.2) is 11.5 Å². The molecule has 1 amide bonds. The molecule has 11 heteroatoms. The molecule has 0 aliphatic carbocycles. The minimum absolute atomic E-state index is 0.146. The van der Waals surface area contributed by atoms with Gasteiger partial charge in [0.05, 0.1) is 23.4 Å². The predicted octanol–water partition coefficient (Wildman–Crippen LogP) is 8.32. The van der Waals surface area contributed by atoms with Gasteiger partial charge in [0, 0.05) is 32.1 Å². The number of carbonyl (C=O) groups is 2. The van der Waals surface area contributed by atoms with Gasteiger partial charge in [-0.2, -0.15) is 5.10 Å². The highest BCUT2D eigenvalue weighted by Gasteiger charge is 2.21. The van der Waals surface area contributed by atoms with Crippen LogP contribution in [0.1, 0.15) is 33.3 Å². The van der Waals surface area contributed by atoms with Crippen LogP contribution in [0.15, 0.2) is 84.0 Å². The Morgan fingerprint density at radius 2 is 1.76 bits per heavy atom. The van der Waals surface area contributed by atoms with Gasteiger partial charge in [0.25, 0.3) is 5.91 Å². The number of nitrogens with one attached hydrogen (secondary N) is 2. The van der Waals surface area contributed by atoms with Crippen molar-refractivity contribution in [3.8, 4) is 22.6 Å². The number of H-pyrrole nitrogens is 1. The van der Waals surface area contributed by atoms with Crippen molar-refractivity contribution < 1.29 is 23.5 Å². The van der Waals surface area contributed by atoms with Gasteiger partial charge in [-0.05, 0) is 73.2 Å². The van der Waals surface area contributed by atoms with E-state index in [4.69, 9.17) is 44.3 Å². The highest BCUT2D eigenvalue weighted by Crippen LogP contribution is 2.37. The molecule has 42 heavy (non-hydrogen) atoms. The number of aromatic amines is 1. The Morgan fingerprint density at radius 3 is 2.52 bits per heavy atom. The second-order valence-electron chi connectivity index (χ2n) is 8.90. The SMILES string of the molecule is CCOc1cc(C=NNC(=O)c2[nH]c3ccc(F)cc3c2-c2ccccc2Cl)ccc1OC(=O)c1ccc(Cl)cc1Cl. The van der Waals surface area contributed by atoms with Crippen molar-refractivity contribution in [3.63, 3.8) is 0 Å². The highest BCUT2D eigenvalue weighted by molar-refractivity contribution is 6.36. The molecule has 0 saturated heterocycles. The van der Waals surface area contributed by atoms with Gasteiger partial charge in [0.2, 0.25) is 0 Å². The monoisotopic (exact) mass is 623 g/mol. The lowest BCUT2D eigenvalue weighted by Gasteiger charge is -2.12. The zero-order chi connectivity index (χ0) is 29.8. The number of nitrogens with zero attached hydrogens (tertiary/aromatic N) is 1. The maximum Gasteiger partial charge on any atom is 0.345 e. The maximum atomic E-state index is 14.1. The lowest BCUT2D eigenvalue weighted by atomic mass is 10.0. The molecular weight excluding hydrogens is 604 g/mol. The number of amides is 1. The van der Waals surface area contributed by atoms with Crippen molar-refractivity contribution >= 4 is 63.8 Å². The Labute approximate surface area is 254 Å². The number of benzene rings is 4. The molecule has 0 spiro atoms. The van der Waals surface area contributed by atoms with Crippen LogP contribution in [-0.2, 0) is 0 Å². The normalized spacial score (nSPS) is 11.2. The molecule has 0 aliphatic rings. The Kier molecular flexibility index (Phi) is 8.77. The molecule has 212 valence electrons. The molecular formula is C31H21Cl3FN3O4. The standard InChI is InChI=1S/C31H21Cl3FN3O4/c1-2-41-27-13-17(7-12-26(27)42-31(40)21-10-8-18(32)14-24(21)34)16-36-38-30(39)29-28(20-5-3-4-6-23(20)33)22-15-19(35)9-11-25(22)37-29/h3-16,37H,2H2,1H3,(H,38,39). The summed E-state index contributed by atoms with van der Waals surface area (Å²) in [4.78, 5) is 29.0. The molecule has 7 nitrogen and oxygen atoms in total. The van der Waals surface area contributed by atoms with E-state index in [1.807, 2.05) is 0 Å². The van der Waals surface area contributed by atoms with Gasteiger partial charge < -0.3 is 14.5 Å². The molecule has 0 bridgehead atoms. The molecule has 4 aromatic carbocycles. The molecule has 5 aromatic rings. The Hall–Kier alpha value is -4.37. The van der Waals surface area contributed by atoms with E-state index in [1.165, 1.54) is 42.6 Å². The third kappa shape index (κ3) is 6.26. The zero-order valence-corrected chi connectivity index (χ0v) is 24.1. The Bertz CT molecular complexity index is 1860. The number of fused-ring (bicyclic) bond motifs is 1.